The Kier molecular flexibility index (Phi) is 19.0. The predicted octanol–water partition coefficient (Wildman–Crippen LogP) is 1.70. The highest BCUT2D eigenvalue weighted by Crippen LogP contribution is 1.95. The number of unbranched alkanes of at least 4 members (excludes halogenated alkanes) is 3. The van der Waals surface area contributed by atoms with Crippen LogP contribution in [0.4, 0.5) is 0 Å². The van der Waals surface area contributed by atoms with E-state index in [4.69, 9.17) is 15.2 Å². The van der Waals surface area contributed by atoms with Crippen LogP contribution in [0.15, 0.2) is 5.34 Å². The second-order valence-electron chi connectivity index (χ2n) is 1.87. The lowest BCUT2D eigenvalue weighted by molar-refractivity contribution is 0.283. The molecule has 0 saturated carbocycles. The molecule has 0 atom stereocenters. The molecule has 0 saturated heterocycles. The van der Waals surface area contributed by atoms with Crippen LogP contribution in [0.25, 0.3) is 0 Å². The molecule has 0 rings (SSSR count). The molecule has 0 fully saturated rings. The zero-order valence-corrected chi connectivity index (χ0v) is 6.29. The number of hydrogen-bond donors (Lipinski definition) is 2. The summed E-state index contributed by atoms with van der Waals surface area (Å²) in [5, 5.41) is 16.2. The monoisotopic (exact) mass is 149 g/mol. The van der Waals surface area contributed by atoms with Crippen molar-refractivity contribution in [2.24, 2.45) is 5.34 Å². The maximum atomic E-state index is 8.29. The van der Waals surface area contributed by atoms with Gasteiger partial charge in [-0.05, 0) is 6.42 Å². The first-order chi connectivity index (χ1) is 4.83. The molecule has 0 aliphatic rings. The Balaban J connectivity index is 0. The van der Waals surface area contributed by atoms with E-state index in [1.807, 2.05) is 0 Å². The standard InChI is InChI=1S/C6H14O.HNO2/c1-2-3-4-5-6-7;2-1-3/h7H,2-6H2,1H3;(H,2,3). The summed E-state index contributed by atoms with van der Waals surface area (Å²) >= 11 is 0. The summed E-state index contributed by atoms with van der Waals surface area (Å²) < 4.78 is 0. The van der Waals surface area contributed by atoms with Crippen molar-refractivity contribution in [3.05, 3.63) is 4.91 Å². The molecule has 0 aromatic heterocycles. The molecule has 0 aromatic rings. The van der Waals surface area contributed by atoms with Gasteiger partial charge in [0.15, 0.2) is 5.34 Å². The Morgan fingerprint density at radius 1 is 1.30 bits per heavy atom. The van der Waals surface area contributed by atoms with Crippen molar-refractivity contribution in [3.8, 4) is 0 Å². The average Bonchev–Trinajstić information content (AvgIpc) is 1.91. The van der Waals surface area contributed by atoms with E-state index >= 15 is 0 Å². The molecule has 0 unspecified atom stereocenters. The molecule has 10 heavy (non-hydrogen) atoms. The topological polar surface area (TPSA) is 69.9 Å². The Hall–Kier alpha value is -0.640. The Morgan fingerprint density at radius 3 is 2.10 bits per heavy atom. The molecular formula is C6H15NO3. The van der Waals surface area contributed by atoms with E-state index in [-0.39, 0.29) is 0 Å². The fraction of sp³-hybridized carbons (Fsp3) is 1.00. The van der Waals surface area contributed by atoms with Crippen LogP contribution in [-0.2, 0) is 0 Å². The number of aliphatic hydroxyl groups excluding tert-OH is 1. The molecule has 62 valence electrons. The Morgan fingerprint density at radius 2 is 1.80 bits per heavy atom. The summed E-state index contributed by atoms with van der Waals surface area (Å²) in [4.78, 5) is 8.11. The molecular weight excluding hydrogens is 134 g/mol. The number of rotatable bonds is 4. The minimum Gasteiger partial charge on any atom is -0.396 e. The van der Waals surface area contributed by atoms with Crippen LogP contribution >= 0.6 is 0 Å². The first kappa shape index (κ1) is 12.1. The molecule has 0 aliphatic carbocycles. The summed E-state index contributed by atoms with van der Waals surface area (Å²) in [7, 11) is 0. The lowest BCUT2D eigenvalue weighted by atomic mass is 10.2. The molecule has 2 N–H and O–H groups in total. The van der Waals surface area contributed by atoms with Gasteiger partial charge in [-0.25, -0.2) is 0 Å². The van der Waals surface area contributed by atoms with Crippen LogP contribution in [-0.4, -0.2) is 16.9 Å². The minimum atomic E-state index is 0.361. The van der Waals surface area contributed by atoms with Crippen LogP contribution in [0.3, 0.4) is 0 Å². The van der Waals surface area contributed by atoms with Gasteiger partial charge in [-0.2, -0.15) is 0 Å². The third-order valence-corrected chi connectivity index (χ3v) is 1.01. The van der Waals surface area contributed by atoms with Gasteiger partial charge >= 0.3 is 0 Å². The molecule has 4 nitrogen and oxygen atoms in total. The highest BCUT2D eigenvalue weighted by Gasteiger charge is 1.80. The Bertz CT molecular complexity index is 55.0. The summed E-state index contributed by atoms with van der Waals surface area (Å²) in [6.07, 6.45) is 4.68. The zero-order valence-electron chi connectivity index (χ0n) is 6.29. The van der Waals surface area contributed by atoms with E-state index in [0.29, 0.717) is 6.61 Å². The quantitative estimate of drug-likeness (QED) is 0.363. The summed E-state index contributed by atoms with van der Waals surface area (Å²) in [5.74, 6) is 0. The fourth-order valence-corrected chi connectivity index (χ4v) is 0.539. The highest BCUT2D eigenvalue weighted by atomic mass is 16.6. The van der Waals surface area contributed by atoms with Gasteiger partial charge in [0, 0.05) is 6.61 Å². The molecule has 0 spiro atoms. The second-order valence-corrected chi connectivity index (χ2v) is 1.87. The molecule has 0 amide bonds. The SMILES string of the molecule is CCCCCCO.O=NO. The fourth-order valence-electron chi connectivity index (χ4n) is 0.539. The minimum absolute atomic E-state index is 0.361. The van der Waals surface area contributed by atoms with Crippen molar-refractivity contribution in [2.45, 2.75) is 32.6 Å². The van der Waals surface area contributed by atoms with Gasteiger partial charge in [0.05, 0.1) is 0 Å². The van der Waals surface area contributed by atoms with Crippen molar-refractivity contribution in [3.63, 3.8) is 0 Å². The summed E-state index contributed by atoms with van der Waals surface area (Å²) in [6, 6.07) is 0. The first-order valence-electron chi connectivity index (χ1n) is 3.41. The lowest BCUT2D eigenvalue weighted by Crippen LogP contribution is -1.80. The molecule has 0 bridgehead atoms. The van der Waals surface area contributed by atoms with Gasteiger partial charge in [0.2, 0.25) is 0 Å². The van der Waals surface area contributed by atoms with Crippen LogP contribution < -0.4 is 0 Å². The lowest BCUT2D eigenvalue weighted by Gasteiger charge is -1.90. The van der Waals surface area contributed by atoms with Crippen molar-refractivity contribution < 1.29 is 10.3 Å². The molecule has 4 heteroatoms. The van der Waals surface area contributed by atoms with Crippen LogP contribution in [0.1, 0.15) is 32.6 Å². The molecule has 0 heterocycles. The maximum Gasteiger partial charge on any atom is 0.152 e. The smallest absolute Gasteiger partial charge is 0.152 e. The zero-order chi connectivity index (χ0) is 8.24. The van der Waals surface area contributed by atoms with Gasteiger partial charge in [-0.1, -0.05) is 26.2 Å². The van der Waals surface area contributed by atoms with E-state index in [2.05, 4.69) is 6.92 Å². The van der Waals surface area contributed by atoms with Gasteiger partial charge in [-0.3, -0.25) is 0 Å². The van der Waals surface area contributed by atoms with Crippen LogP contribution in [0, 0.1) is 4.91 Å². The summed E-state index contributed by atoms with van der Waals surface area (Å²) in [6.45, 7) is 2.53. The molecule has 0 radical (unpaired) electrons. The van der Waals surface area contributed by atoms with Gasteiger partial charge in [0.25, 0.3) is 0 Å². The van der Waals surface area contributed by atoms with Crippen molar-refractivity contribution in [1.82, 2.24) is 0 Å². The normalized spacial score (nSPS) is 7.80. The van der Waals surface area contributed by atoms with E-state index in [1.165, 1.54) is 24.6 Å². The van der Waals surface area contributed by atoms with Crippen molar-refractivity contribution >= 4 is 0 Å². The summed E-state index contributed by atoms with van der Waals surface area (Å²) in [5.41, 5.74) is 0. The molecule has 0 aromatic carbocycles. The van der Waals surface area contributed by atoms with E-state index in [1.54, 1.807) is 0 Å². The number of aliphatic hydroxyl groups is 1. The van der Waals surface area contributed by atoms with Crippen LogP contribution in [0.2, 0.25) is 0 Å². The van der Waals surface area contributed by atoms with Crippen molar-refractivity contribution in [1.29, 1.82) is 0 Å². The Labute approximate surface area is 60.8 Å². The van der Waals surface area contributed by atoms with Crippen LogP contribution in [0.5, 0.6) is 0 Å². The largest absolute Gasteiger partial charge is 0.396 e. The average molecular weight is 149 g/mol. The van der Waals surface area contributed by atoms with Crippen molar-refractivity contribution in [2.75, 3.05) is 6.61 Å². The van der Waals surface area contributed by atoms with E-state index in [9.17, 15) is 0 Å². The molecule has 0 aliphatic heterocycles. The first-order valence-corrected chi connectivity index (χ1v) is 3.41. The third-order valence-electron chi connectivity index (χ3n) is 1.01. The second kappa shape index (κ2) is 15.8. The number of nitrogens with zero attached hydrogens (tertiary/aromatic N) is 1. The third kappa shape index (κ3) is 26.4. The number of hydrogen-bond acceptors (Lipinski definition) is 3. The van der Waals surface area contributed by atoms with Gasteiger partial charge in [0.1, 0.15) is 0 Å². The maximum absolute atomic E-state index is 8.29. The van der Waals surface area contributed by atoms with Gasteiger partial charge in [-0.15, -0.1) is 4.91 Å². The van der Waals surface area contributed by atoms with Gasteiger partial charge < -0.3 is 10.3 Å². The van der Waals surface area contributed by atoms with E-state index in [0.717, 1.165) is 6.42 Å². The van der Waals surface area contributed by atoms with E-state index < -0.39 is 0 Å². The predicted molar refractivity (Wildman–Crippen MR) is 38.8 cm³/mol. The highest BCUT2D eigenvalue weighted by molar-refractivity contribution is 4.35.